The second-order valence-electron chi connectivity index (χ2n) is 6.80. The predicted octanol–water partition coefficient (Wildman–Crippen LogP) is 2.73. The molecule has 0 radical (unpaired) electrons. The Kier molecular flexibility index (Phi) is 5.20. The van der Waals surface area contributed by atoms with Crippen molar-refractivity contribution < 1.29 is 31.2 Å². The summed E-state index contributed by atoms with van der Waals surface area (Å²) in [7, 11) is -5.53. The molecule has 0 aliphatic carbocycles. The van der Waals surface area contributed by atoms with Crippen molar-refractivity contribution in [2.24, 2.45) is 0 Å². The number of carbonyl (C=O) groups excluding carboxylic acids is 2. The molecule has 0 bridgehead atoms. The van der Waals surface area contributed by atoms with Crippen molar-refractivity contribution in [1.29, 1.82) is 0 Å². The zero-order valence-corrected chi connectivity index (χ0v) is 16.9. The van der Waals surface area contributed by atoms with E-state index in [4.69, 9.17) is 0 Å². The lowest BCUT2D eigenvalue weighted by atomic mass is 10.2. The summed E-state index contributed by atoms with van der Waals surface area (Å²) < 4.78 is 61.1. The number of amides is 3. The molecule has 9 nitrogen and oxygen atoms in total. The number of imide groups is 1. The van der Waals surface area contributed by atoms with E-state index in [2.05, 4.69) is 15.0 Å². The zero-order chi connectivity index (χ0) is 23.1. The molecule has 1 fully saturated rings. The number of hydrogen-bond donors (Lipinski definition) is 1. The first-order chi connectivity index (χ1) is 15.1. The predicted molar refractivity (Wildman–Crippen MR) is 105 cm³/mol. The molecule has 3 aromatic rings. The van der Waals surface area contributed by atoms with E-state index in [1.165, 1.54) is 11.1 Å². The topological polar surface area (TPSA) is 116 Å². The molecule has 13 heteroatoms. The first kappa shape index (κ1) is 21.5. The molecule has 1 aromatic carbocycles. The quantitative estimate of drug-likeness (QED) is 0.580. The summed E-state index contributed by atoms with van der Waals surface area (Å²) in [5, 5.41) is 0. The molecule has 166 valence electrons. The molecule has 0 saturated carbocycles. The molecule has 4 rings (SSSR count). The first-order valence-electron chi connectivity index (χ1n) is 9.06. The molecule has 1 N–H and O–H groups in total. The summed E-state index contributed by atoms with van der Waals surface area (Å²) in [6.07, 6.45) is 4.73. The minimum Gasteiger partial charge on any atom is -0.343 e. The van der Waals surface area contributed by atoms with Crippen LogP contribution < -0.4 is 4.90 Å². The van der Waals surface area contributed by atoms with Gasteiger partial charge >= 0.3 is 11.5 Å². The van der Waals surface area contributed by atoms with Crippen molar-refractivity contribution in [2.45, 2.75) is 16.9 Å². The number of halogens is 3. The molecule has 1 saturated heterocycles. The highest BCUT2D eigenvalue weighted by Gasteiger charge is 2.47. The number of aromatic amines is 1. The highest BCUT2D eigenvalue weighted by Crippen LogP contribution is 2.32. The molecule has 3 heterocycles. The van der Waals surface area contributed by atoms with Crippen LogP contribution in [0.2, 0.25) is 0 Å². The number of rotatable bonds is 5. The number of nitrogens with one attached hydrogen (secondary N) is 1. The number of nitrogens with zero attached hydrogens (tertiary/aromatic N) is 4. The molecular weight excluding hydrogens is 451 g/mol. The molecule has 0 atom stereocenters. The minimum absolute atomic E-state index is 0.0328. The Balaban J connectivity index is 1.53. The van der Waals surface area contributed by atoms with Crippen molar-refractivity contribution in [3.05, 3.63) is 60.6 Å². The van der Waals surface area contributed by atoms with Gasteiger partial charge in [-0.1, -0.05) is 0 Å². The van der Waals surface area contributed by atoms with Crippen LogP contribution in [0.5, 0.6) is 0 Å². The van der Waals surface area contributed by atoms with Gasteiger partial charge < -0.3 is 9.88 Å². The average Bonchev–Trinajstić information content (AvgIpc) is 3.36. The fourth-order valence-corrected chi connectivity index (χ4v) is 3.93. The SMILES string of the molecule is O=C1CN(Cc2ccnc(-c3ncc[nH]3)c2)C(=O)N1c1ccc(S(=O)(=O)C(F)(F)F)cc1. The monoisotopic (exact) mass is 465 g/mol. The molecule has 2 aromatic heterocycles. The molecule has 1 aliphatic rings. The fraction of sp³-hybridized carbons (Fsp3) is 0.158. The number of sulfone groups is 1. The van der Waals surface area contributed by atoms with Gasteiger partial charge in [0.15, 0.2) is 5.82 Å². The summed E-state index contributed by atoms with van der Waals surface area (Å²) >= 11 is 0. The second-order valence-corrected chi connectivity index (χ2v) is 8.74. The third-order valence-electron chi connectivity index (χ3n) is 4.69. The fourth-order valence-electron chi connectivity index (χ4n) is 3.16. The van der Waals surface area contributed by atoms with Crippen LogP contribution in [-0.2, 0) is 21.2 Å². The number of imidazole rings is 1. The Labute approximate surface area is 179 Å². The van der Waals surface area contributed by atoms with Gasteiger partial charge in [0.1, 0.15) is 12.2 Å². The summed E-state index contributed by atoms with van der Waals surface area (Å²) in [5.74, 6) is -0.0621. The minimum atomic E-state index is -5.53. The van der Waals surface area contributed by atoms with Crippen molar-refractivity contribution in [2.75, 3.05) is 11.4 Å². The summed E-state index contributed by atoms with van der Waals surface area (Å²) in [6, 6.07) is 6.08. The van der Waals surface area contributed by atoms with Gasteiger partial charge in [-0.2, -0.15) is 13.2 Å². The van der Waals surface area contributed by atoms with E-state index in [1.54, 1.807) is 24.5 Å². The number of aromatic nitrogens is 3. The Bertz CT molecular complexity index is 1280. The lowest BCUT2D eigenvalue weighted by Crippen LogP contribution is -2.32. The highest BCUT2D eigenvalue weighted by atomic mass is 32.2. The number of carbonyl (C=O) groups is 2. The van der Waals surface area contributed by atoms with E-state index in [0.717, 1.165) is 17.0 Å². The van der Waals surface area contributed by atoms with Crippen LogP contribution in [0.15, 0.2) is 59.9 Å². The van der Waals surface area contributed by atoms with E-state index in [1.807, 2.05) is 0 Å². The van der Waals surface area contributed by atoms with E-state index in [9.17, 15) is 31.2 Å². The third-order valence-corrected chi connectivity index (χ3v) is 6.19. The van der Waals surface area contributed by atoms with Crippen molar-refractivity contribution >= 4 is 27.5 Å². The maximum Gasteiger partial charge on any atom is 0.501 e. The number of H-pyrrole nitrogens is 1. The number of anilines is 1. The Hall–Kier alpha value is -3.74. The van der Waals surface area contributed by atoms with Crippen LogP contribution in [0.4, 0.5) is 23.7 Å². The standard InChI is InChI=1S/C19H14F3N5O4S/c20-19(21,22)32(30,31)14-3-1-13(2-4-14)27-16(28)11-26(18(27)29)10-12-5-6-23-15(9-12)17-24-7-8-25-17/h1-9H,10-11H2,(H,24,25). The van der Waals surface area contributed by atoms with Crippen molar-refractivity contribution in [3.8, 4) is 11.5 Å². The number of benzene rings is 1. The number of alkyl halides is 3. The van der Waals surface area contributed by atoms with Gasteiger partial charge in [-0.25, -0.2) is 23.1 Å². The number of pyridine rings is 1. The van der Waals surface area contributed by atoms with E-state index >= 15 is 0 Å². The van der Waals surface area contributed by atoms with Crippen LogP contribution in [0.3, 0.4) is 0 Å². The normalized spacial score (nSPS) is 15.0. The van der Waals surface area contributed by atoms with Crippen molar-refractivity contribution in [3.63, 3.8) is 0 Å². The second kappa shape index (κ2) is 7.75. The van der Waals surface area contributed by atoms with Gasteiger partial charge in [-0.3, -0.25) is 9.78 Å². The number of urea groups is 1. The van der Waals surface area contributed by atoms with Gasteiger partial charge in [-0.15, -0.1) is 0 Å². The molecule has 3 amide bonds. The van der Waals surface area contributed by atoms with Gasteiger partial charge in [0.05, 0.1) is 10.6 Å². The summed E-state index contributed by atoms with van der Waals surface area (Å²) in [5.41, 5.74) is -4.26. The lowest BCUT2D eigenvalue weighted by Gasteiger charge is -2.18. The summed E-state index contributed by atoms with van der Waals surface area (Å²) in [4.78, 5) is 37.5. The van der Waals surface area contributed by atoms with Gasteiger partial charge in [0.2, 0.25) is 0 Å². The van der Waals surface area contributed by atoms with Crippen LogP contribution in [-0.4, -0.2) is 52.3 Å². The summed E-state index contributed by atoms with van der Waals surface area (Å²) in [6.45, 7) is -0.169. The molecule has 1 aliphatic heterocycles. The maximum atomic E-state index is 12.8. The van der Waals surface area contributed by atoms with E-state index in [0.29, 0.717) is 29.2 Å². The van der Waals surface area contributed by atoms with E-state index in [-0.39, 0.29) is 18.8 Å². The first-order valence-corrected chi connectivity index (χ1v) is 10.5. The van der Waals surface area contributed by atoms with E-state index < -0.39 is 32.2 Å². The maximum absolute atomic E-state index is 12.8. The zero-order valence-electron chi connectivity index (χ0n) is 16.1. The molecule has 0 spiro atoms. The Morgan fingerprint density at radius 3 is 2.38 bits per heavy atom. The molecule has 0 unspecified atom stereocenters. The van der Waals surface area contributed by atoms with Crippen molar-refractivity contribution in [1.82, 2.24) is 19.9 Å². The van der Waals surface area contributed by atoms with Gasteiger partial charge in [0.25, 0.3) is 15.7 Å². The number of hydrogen-bond acceptors (Lipinski definition) is 6. The van der Waals surface area contributed by atoms with Gasteiger partial charge in [-0.05, 0) is 42.0 Å². The molecule has 32 heavy (non-hydrogen) atoms. The van der Waals surface area contributed by atoms with Crippen LogP contribution in [0.25, 0.3) is 11.5 Å². The highest BCUT2D eigenvalue weighted by molar-refractivity contribution is 7.92. The smallest absolute Gasteiger partial charge is 0.343 e. The Morgan fingerprint density at radius 1 is 1.03 bits per heavy atom. The third kappa shape index (κ3) is 3.82. The van der Waals surface area contributed by atoms with Crippen LogP contribution in [0, 0.1) is 0 Å². The molecular formula is C19H14F3N5O4S. The Morgan fingerprint density at radius 2 is 1.75 bits per heavy atom. The van der Waals surface area contributed by atoms with Crippen LogP contribution >= 0.6 is 0 Å². The average molecular weight is 465 g/mol. The largest absolute Gasteiger partial charge is 0.501 e. The lowest BCUT2D eigenvalue weighted by molar-refractivity contribution is -0.116. The van der Waals surface area contributed by atoms with Crippen LogP contribution in [0.1, 0.15) is 5.56 Å². The van der Waals surface area contributed by atoms with Gasteiger partial charge in [0, 0.05) is 25.1 Å².